The van der Waals surface area contributed by atoms with Gasteiger partial charge in [-0.15, -0.1) is 0 Å². The van der Waals surface area contributed by atoms with E-state index in [0.717, 1.165) is 11.4 Å². The number of anilines is 3. The molecular weight excluding hydrogens is 470 g/mol. The lowest BCUT2D eigenvalue weighted by Crippen LogP contribution is -2.10. The molecule has 0 aliphatic rings. The fourth-order valence-electron chi connectivity index (χ4n) is 5.47. The van der Waals surface area contributed by atoms with Gasteiger partial charge in [0.2, 0.25) is 0 Å². The van der Waals surface area contributed by atoms with Crippen LogP contribution in [0.4, 0.5) is 17.1 Å². The van der Waals surface area contributed by atoms with Crippen molar-refractivity contribution in [2.75, 3.05) is 4.90 Å². The molecule has 0 aliphatic carbocycles. The van der Waals surface area contributed by atoms with Crippen molar-refractivity contribution >= 4 is 38.6 Å². The second kappa shape index (κ2) is 9.96. The summed E-state index contributed by atoms with van der Waals surface area (Å²) < 4.78 is 0. The van der Waals surface area contributed by atoms with Crippen molar-refractivity contribution < 1.29 is 0 Å². The summed E-state index contributed by atoms with van der Waals surface area (Å²) in [4.78, 5) is 2.36. The molecule has 1 nitrogen and oxygen atoms in total. The summed E-state index contributed by atoms with van der Waals surface area (Å²) in [5.74, 6) is 0. The molecule has 0 N–H and O–H groups in total. The lowest BCUT2D eigenvalue weighted by Gasteiger charge is -2.27. The number of benzene rings is 7. The highest BCUT2D eigenvalue weighted by atomic mass is 15.1. The van der Waals surface area contributed by atoms with Gasteiger partial charge >= 0.3 is 0 Å². The molecule has 39 heavy (non-hydrogen) atoms. The van der Waals surface area contributed by atoms with Crippen LogP contribution in [0, 0.1) is 0 Å². The van der Waals surface area contributed by atoms with Gasteiger partial charge in [0.1, 0.15) is 0 Å². The van der Waals surface area contributed by atoms with E-state index < -0.39 is 0 Å². The molecule has 0 bridgehead atoms. The van der Waals surface area contributed by atoms with E-state index in [0.29, 0.717) is 0 Å². The molecule has 7 aromatic rings. The molecule has 7 aromatic carbocycles. The molecule has 0 atom stereocenters. The predicted molar refractivity (Wildman–Crippen MR) is 167 cm³/mol. The van der Waals surface area contributed by atoms with Gasteiger partial charge in [0, 0.05) is 16.8 Å². The van der Waals surface area contributed by atoms with E-state index in [-0.39, 0.29) is 0 Å². The summed E-state index contributed by atoms with van der Waals surface area (Å²) in [6.07, 6.45) is 0. The second-order valence-corrected chi connectivity index (χ2v) is 9.86. The van der Waals surface area contributed by atoms with Gasteiger partial charge in [0.05, 0.1) is 5.69 Å². The van der Waals surface area contributed by atoms with Crippen LogP contribution in [0.2, 0.25) is 0 Å². The maximum Gasteiger partial charge on any atom is 0.0540 e. The fraction of sp³-hybridized carbons (Fsp3) is 0. The number of fused-ring (bicyclic) bond motifs is 2. The lowest BCUT2D eigenvalue weighted by atomic mass is 9.97. The highest BCUT2D eigenvalue weighted by Crippen LogP contribution is 2.40. The Labute approximate surface area is 229 Å². The molecule has 184 valence electrons. The maximum atomic E-state index is 2.36. The van der Waals surface area contributed by atoms with Crippen molar-refractivity contribution in [2.24, 2.45) is 0 Å². The Kier molecular flexibility index (Phi) is 5.88. The highest BCUT2D eigenvalue weighted by molar-refractivity contribution is 5.99. The summed E-state index contributed by atoms with van der Waals surface area (Å²) in [6.45, 7) is 0. The van der Waals surface area contributed by atoms with Crippen LogP contribution in [0.5, 0.6) is 0 Å². The van der Waals surface area contributed by atoms with Crippen LogP contribution in [0.1, 0.15) is 0 Å². The van der Waals surface area contributed by atoms with E-state index in [9.17, 15) is 0 Å². The molecule has 0 fully saturated rings. The Hall–Kier alpha value is -5.14. The maximum absolute atomic E-state index is 2.36. The van der Waals surface area contributed by atoms with E-state index in [1.807, 2.05) is 0 Å². The zero-order chi connectivity index (χ0) is 26.0. The van der Waals surface area contributed by atoms with Crippen LogP contribution < -0.4 is 4.90 Å². The van der Waals surface area contributed by atoms with Gasteiger partial charge in [0.25, 0.3) is 0 Å². The molecule has 0 saturated heterocycles. The van der Waals surface area contributed by atoms with Crippen molar-refractivity contribution in [3.63, 3.8) is 0 Å². The van der Waals surface area contributed by atoms with Gasteiger partial charge in [0.15, 0.2) is 0 Å². The number of hydrogen-bond acceptors (Lipinski definition) is 1. The Balaban J connectivity index is 1.35. The molecule has 0 amide bonds. The summed E-state index contributed by atoms with van der Waals surface area (Å²) >= 11 is 0. The molecule has 7 rings (SSSR count). The van der Waals surface area contributed by atoms with Crippen molar-refractivity contribution in [3.8, 4) is 22.3 Å². The minimum Gasteiger partial charge on any atom is -0.310 e. The Morgan fingerprint density at radius 3 is 1.67 bits per heavy atom. The summed E-state index contributed by atoms with van der Waals surface area (Å²) in [7, 11) is 0. The van der Waals surface area contributed by atoms with Crippen LogP contribution >= 0.6 is 0 Å². The molecule has 0 aromatic heterocycles. The van der Waals surface area contributed by atoms with Crippen LogP contribution in [0.15, 0.2) is 164 Å². The Morgan fingerprint density at radius 1 is 0.308 bits per heavy atom. The van der Waals surface area contributed by atoms with Gasteiger partial charge in [-0.05, 0) is 80.9 Å². The summed E-state index contributed by atoms with van der Waals surface area (Å²) in [6, 6.07) is 58.7. The number of nitrogens with zero attached hydrogens (tertiary/aromatic N) is 1. The average Bonchev–Trinajstić information content (AvgIpc) is 3.02. The molecule has 0 saturated carbocycles. The highest BCUT2D eigenvalue weighted by Gasteiger charge is 2.15. The van der Waals surface area contributed by atoms with Crippen LogP contribution in [-0.4, -0.2) is 0 Å². The van der Waals surface area contributed by atoms with Crippen molar-refractivity contribution in [1.29, 1.82) is 0 Å². The zero-order valence-electron chi connectivity index (χ0n) is 21.5. The largest absolute Gasteiger partial charge is 0.310 e. The van der Waals surface area contributed by atoms with E-state index in [4.69, 9.17) is 0 Å². The van der Waals surface area contributed by atoms with E-state index in [1.165, 1.54) is 49.5 Å². The third kappa shape index (κ3) is 4.45. The number of hydrogen-bond donors (Lipinski definition) is 0. The van der Waals surface area contributed by atoms with Crippen LogP contribution in [-0.2, 0) is 0 Å². The quantitative estimate of drug-likeness (QED) is 0.229. The number of rotatable bonds is 5. The van der Waals surface area contributed by atoms with Gasteiger partial charge < -0.3 is 4.90 Å². The molecule has 1 heteroatoms. The summed E-state index contributed by atoms with van der Waals surface area (Å²) in [5.41, 5.74) is 8.31. The van der Waals surface area contributed by atoms with E-state index >= 15 is 0 Å². The zero-order valence-corrected chi connectivity index (χ0v) is 21.5. The predicted octanol–water partition coefficient (Wildman–Crippen LogP) is 10.8. The van der Waals surface area contributed by atoms with E-state index in [1.54, 1.807) is 0 Å². The smallest absolute Gasteiger partial charge is 0.0540 e. The third-order valence-corrected chi connectivity index (χ3v) is 7.41. The molecule has 0 heterocycles. The van der Waals surface area contributed by atoms with Gasteiger partial charge in [-0.1, -0.05) is 121 Å². The molecule has 0 unspecified atom stereocenters. The van der Waals surface area contributed by atoms with Gasteiger partial charge in [-0.3, -0.25) is 0 Å². The monoisotopic (exact) mass is 497 g/mol. The third-order valence-electron chi connectivity index (χ3n) is 7.41. The van der Waals surface area contributed by atoms with Crippen LogP contribution in [0.25, 0.3) is 43.8 Å². The molecule has 0 radical (unpaired) electrons. The first-order valence-corrected chi connectivity index (χ1v) is 13.4. The van der Waals surface area contributed by atoms with Crippen LogP contribution in [0.3, 0.4) is 0 Å². The first-order chi connectivity index (χ1) is 19.3. The summed E-state index contributed by atoms with van der Waals surface area (Å²) in [5, 5.41) is 4.95. The lowest BCUT2D eigenvalue weighted by molar-refractivity contribution is 1.30. The first-order valence-electron chi connectivity index (χ1n) is 13.4. The fourth-order valence-corrected chi connectivity index (χ4v) is 5.47. The van der Waals surface area contributed by atoms with Gasteiger partial charge in [-0.2, -0.15) is 0 Å². The minimum atomic E-state index is 1.13. The SMILES string of the molecule is c1ccc(-c2ccc3ccc(-c4cccc(N(c5ccccc5)c5cccc6ccccc56)c4)cc3c2)cc1. The Morgan fingerprint density at radius 2 is 0.872 bits per heavy atom. The standard InChI is InChI=1S/C38H27N/c1-3-11-28(12-4-1)32-23-21-29-22-24-33(26-34(29)25-32)31-15-9-18-36(27-31)39(35-16-5-2-6-17-35)38-20-10-14-30-13-7-8-19-37(30)38/h1-27H. The first kappa shape index (κ1) is 23.0. The molecule has 0 aliphatic heterocycles. The normalized spacial score (nSPS) is 11.1. The topological polar surface area (TPSA) is 3.24 Å². The molecular formula is C38H27N. The Bertz CT molecular complexity index is 1900. The van der Waals surface area contributed by atoms with Crippen molar-refractivity contribution in [3.05, 3.63) is 164 Å². The van der Waals surface area contributed by atoms with Crippen molar-refractivity contribution in [1.82, 2.24) is 0 Å². The van der Waals surface area contributed by atoms with E-state index in [2.05, 4.69) is 169 Å². The number of para-hydroxylation sites is 1. The second-order valence-electron chi connectivity index (χ2n) is 9.86. The molecule has 0 spiro atoms. The minimum absolute atomic E-state index is 1.13. The average molecular weight is 498 g/mol. The van der Waals surface area contributed by atoms with Gasteiger partial charge in [-0.25, -0.2) is 0 Å². The van der Waals surface area contributed by atoms with Crippen molar-refractivity contribution in [2.45, 2.75) is 0 Å².